The molecule has 0 aliphatic heterocycles. The zero-order valence-corrected chi connectivity index (χ0v) is 18.6. The van der Waals surface area contributed by atoms with Crippen molar-refractivity contribution in [2.75, 3.05) is 46.7 Å². The van der Waals surface area contributed by atoms with Gasteiger partial charge < -0.3 is 29.6 Å². The summed E-state index contributed by atoms with van der Waals surface area (Å²) in [6, 6.07) is 10.3. The molecule has 8 nitrogen and oxygen atoms in total. The van der Waals surface area contributed by atoms with Gasteiger partial charge in [0, 0.05) is 35.8 Å². The summed E-state index contributed by atoms with van der Waals surface area (Å²) in [6.07, 6.45) is 0. The molecule has 0 unspecified atom stereocenters. The highest BCUT2D eigenvalue weighted by Crippen LogP contribution is 2.31. The number of carbonyl (C=O) groups is 1. The van der Waals surface area contributed by atoms with Gasteiger partial charge in [-0.15, -0.1) is 0 Å². The molecule has 3 rings (SSSR count). The van der Waals surface area contributed by atoms with Gasteiger partial charge in [0.2, 0.25) is 0 Å². The molecule has 0 radical (unpaired) electrons. The summed E-state index contributed by atoms with van der Waals surface area (Å²) in [5.74, 6) is 0.661. The smallest absolute Gasteiger partial charge is 0.322 e. The quantitative estimate of drug-likeness (QED) is 0.559. The van der Waals surface area contributed by atoms with Crippen LogP contribution < -0.4 is 20.3 Å². The van der Waals surface area contributed by atoms with Gasteiger partial charge in [-0.05, 0) is 50.5 Å². The third kappa shape index (κ3) is 5.55. The molecular weight excluding hydrogens is 415 g/mol. The van der Waals surface area contributed by atoms with Gasteiger partial charge in [0.15, 0.2) is 11.5 Å². The van der Waals surface area contributed by atoms with E-state index < -0.39 is 0 Å². The number of benzene rings is 2. The number of carbonyl (C=O) groups excluding carboxylic acids is 1. The van der Waals surface area contributed by atoms with E-state index in [-0.39, 0.29) is 24.0 Å². The normalized spacial score (nSPS) is 10.9. The Morgan fingerprint density at radius 1 is 1.03 bits per heavy atom. The van der Waals surface area contributed by atoms with Gasteiger partial charge in [-0.1, -0.05) is 0 Å². The zero-order chi connectivity index (χ0) is 23.3. The minimum absolute atomic E-state index is 0.0977. The van der Waals surface area contributed by atoms with Crippen LogP contribution in [0.2, 0.25) is 0 Å². The van der Waals surface area contributed by atoms with Crippen molar-refractivity contribution in [3.63, 3.8) is 0 Å². The summed E-state index contributed by atoms with van der Waals surface area (Å²) < 4.78 is 23.8. The molecule has 2 amide bonds. The maximum absolute atomic E-state index is 13.2. The molecular formula is C23H27FN4O4. The highest BCUT2D eigenvalue weighted by Gasteiger charge is 2.17. The number of nitrogens with one attached hydrogen (secondary N) is 2. The number of urea groups is 1. The number of aromatic amines is 1. The molecule has 0 aliphatic rings. The molecule has 0 fully saturated rings. The largest absolute Gasteiger partial charge is 0.493 e. The number of rotatable bonds is 8. The van der Waals surface area contributed by atoms with E-state index in [1.165, 1.54) is 31.4 Å². The zero-order valence-electron chi connectivity index (χ0n) is 18.6. The molecule has 1 heterocycles. The predicted octanol–water partition coefficient (Wildman–Crippen LogP) is 3.28. The first kappa shape index (κ1) is 23.1. The fourth-order valence-electron chi connectivity index (χ4n) is 3.21. The maximum Gasteiger partial charge on any atom is 0.322 e. The number of aromatic nitrogens is 1. The second kappa shape index (κ2) is 10.1. The number of likely N-dealkylation sites (N-methyl/N-ethyl adjacent to an activating group) is 1. The van der Waals surface area contributed by atoms with Crippen molar-refractivity contribution >= 4 is 22.6 Å². The van der Waals surface area contributed by atoms with Crippen LogP contribution in [0.5, 0.6) is 11.5 Å². The number of hydrogen-bond acceptors (Lipinski definition) is 5. The molecule has 0 saturated carbocycles. The first-order chi connectivity index (χ1) is 15.3. The molecule has 3 aromatic rings. The Morgan fingerprint density at radius 2 is 1.69 bits per heavy atom. The molecule has 32 heavy (non-hydrogen) atoms. The third-order valence-corrected chi connectivity index (χ3v) is 4.99. The second-order valence-corrected chi connectivity index (χ2v) is 7.58. The van der Waals surface area contributed by atoms with Crippen LogP contribution in [0.1, 0.15) is 5.56 Å². The summed E-state index contributed by atoms with van der Waals surface area (Å²) >= 11 is 0. The van der Waals surface area contributed by atoms with Crippen molar-refractivity contribution in [2.24, 2.45) is 0 Å². The number of amides is 2. The van der Waals surface area contributed by atoms with Gasteiger partial charge in [-0.25, -0.2) is 9.18 Å². The Bertz CT molecular complexity index is 1150. The SMILES string of the molecule is COc1cc2cc(CN(CCN(C)C)C(=O)Nc3ccc(F)cc3)c(=O)[nH]c2cc1OC. The highest BCUT2D eigenvalue weighted by atomic mass is 19.1. The van der Waals surface area contributed by atoms with Crippen LogP contribution in [0.15, 0.2) is 47.3 Å². The lowest BCUT2D eigenvalue weighted by Gasteiger charge is -2.25. The van der Waals surface area contributed by atoms with Gasteiger partial charge in [0.25, 0.3) is 5.56 Å². The standard InChI is InChI=1S/C23H27FN4O4/c1-27(2)9-10-28(23(30)25-18-7-5-17(24)6-8-18)14-16-11-15-12-20(31-3)21(32-4)13-19(15)26-22(16)29/h5-8,11-13H,9-10,14H2,1-4H3,(H,25,30)(H,26,29). The molecule has 0 bridgehead atoms. The Balaban J connectivity index is 1.90. The van der Waals surface area contributed by atoms with Crippen LogP contribution in [0.25, 0.3) is 10.9 Å². The van der Waals surface area contributed by atoms with E-state index in [9.17, 15) is 14.0 Å². The van der Waals surface area contributed by atoms with E-state index >= 15 is 0 Å². The maximum atomic E-state index is 13.2. The average molecular weight is 442 g/mol. The van der Waals surface area contributed by atoms with E-state index in [0.29, 0.717) is 41.4 Å². The number of methoxy groups -OCH3 is 2. The van der Waals surface area contributed by atoms with Gasteiger partial charge in [-0.2, -0.15) is 0 Å². The highest BCUT2D eigenvalue weighted by molar-refractivity contribution is 5.89. The van der Waals surface area contributed by atoms with Crippen LogP contribution >= 0.6 is 0 Å². The van der Waals surface area contributed by atoms with E-state index in [4.69, 9.17) is 9.47 Å². The molecule has 2 aromatic carbocycles. The fourth-order valence-corrected chi connectivity index (χ4v) is 3.21. The monoisotopic (exact) mass is 442 g/mol. The van der Waals surface area contributed by atoms with Crippen molar-refractivity contribution in [1.29, 1.82) is 0 Å². The summed E-state index contributed by atoms with van der Waals surface area (Å²) in [5, 5.41) is 3.51. The molecule has 1 aromatic heterocycles. The van der Waals surface area contributed by atoms with Crippen molar-refractivity contribution in [2.45, 2.75) is 6.54 Å². The van der Waals surface area contributed by atoms with E-state index in [1.54, 1.807) is 30.2 Å². The number of hydrogen-bond donors (Lipinski definition) is 2. The van der Waals surface area contributed by atoms with Crippen LogP contribution in [0.3, 0.4) is 0 Å². The second-order valence-electron chi connectivity index (χ2n) is 7.58. The number of halogens is 1. The summed E-state index contributed by atoms with van der Waals surface area (Å²) in [5.41, 5.74) is 1.20. The topological polar surface area (TPSA) is 86.9 Å². The lowest BCUT2D eigenvalue weighted by atomic mass is 10.1. The number of H-pyrrole nitrogens is 1. The average Bonchev–Trinajstić information content (AvgIpc) is 2.77. The minimum Gasteiger partial charge on any atom is -0.493 e. The van der Waals surface area contributed by atoms with Gasteiger partial charge >= 0.3 is 6.03 Å². The Hall–Kier alpha value is -3.59. The molecule has 9 heteroatoms. The van der Waals surface area contributed by atoms with Crippen LogP contribution in [-0.4, -0.2) is 62.2 Å². The first-order valence-corrected chi connectivity index (χ1v) is 10.0. The van der Waals surface area contributed by atoms with Crippen molar-refractivity contribution < 1.29 is 18.7 Å². The van der Waals surface area contributed by atoms with Crippen molar-refractivity contribution in [3.05, 3.63) is 64.2 Å². The van der Waals surface area contributed by atoms with Gasteiger partial charge in [0.1, 0.15) is 5.82 Å². The Labute approximate surface area is 185 Å². The minimum atomic E-state index is -0.387. The van der Waals surface area contributed by atoms with E-state index in [1.807, 2.05) is 19.0 Å². The Kier molecular flexibility index (Phi) is 7.32. The van der Waals surface area contributed by atoms with Crippen LogP contribution in [-0.2, 0) is 6.54 Å². The fraction of sp³-hybridized carbons (Fsp3) is 0.304. The molecule has 0 saturated heterocycles. The lowest BCUT2D eigenvalue weighted by Crippen LogP contribution is -2.40. The predicted molar refractivity (Wildman–Crippen MR) is 122 cm³/mol. The number of ether oxygens (including phenoxy) is 2. The van der Waals surface area contributed by atoms with E-state index in [0.717, 1.165) is 5.39 Å². The number of fused-ring (bicyclic) bond motifs is 1. The van der Waals surface area contributed by atoms with Crippen LogP contribution in [0.4, 0.5) is 14.9 Å². The number of pyridine rings is 1. The third-order valence-electron chi connectivity index (χ3n) is 4.99. The summed E-state index contributed by atoms with van der Waals surface area (Å²) in [4.78, 5) is 32.0. The molecule has 0 atom stereocenters. The van der Waals surface area contributed by atoms with Crippen molar-refractivity contribution in [3.8, 4) is 11.5 Å². The van der Waals surface area contributed by atoms with Gasteiger partial charge in [0.05, 0.1) is 26.3 Å². The first-order valence-electron chi connectivity index (χ1n) is 10.0. The number of anilines is 1. The summed E-state index contributed by atoms with van der Waals surface area (Å²) in [7, 11) is 6.87. The molecule has 0 spiro atoms. The molecule has 0 aliphatic carbocycles. The summed E-state index contributed by atoms with van der Waals surface area (Å²) in [6.45, 7) is 1.09. The van der Waals surface area contributed by atoms with Gasteiger partial charge in [-0.3, -0.25) is 4.79 Å². The Morgan fingerprint density at radius 3 is 2.31 bits per heavy atom. The number of nitrogens with zero attached hydrogens (tertiary/aromatic N) is 2. The van der Waals surface area contributed by atoms with Crippen LogP contribution in [0, 0.1) is 5.82 Å². The molecule has 170 valence electrons. The lowest BCUT2D eigenvalue weighted by molar-refractivity contribution is 0.202. The molecule has 2 N–H and O–H groups in total. The van der Waals surface area contributed by atoms with E-state index in [2.05, 4.69) is 10.3 Å². The van der Waals surface area contributed by atoms with Crippen molar-refractivity contribution in [1.82, 2.24) is 14.8 Å².